The molecule has 2 atom stereocenters. The number of aryl methyl sites for hydroxylation is 2. The minimum atomic E-state index is -3.63. The molecule has 2 aliphatic carbocycles. The van der Waals surface area contributed by atoms with Gasteiger partial charge in [-0.3, -0.25) is 14.5 Å². The van der Waals surface area contributed by atoms with Crippen LogP contribution in [0, 0.1) is 5.92 Å². The number of urea groups is 1. The van der Waals surface area contributed by atoms with Crippen molar-refractivity contribution in [1.29, 1.82) is 0 Å². The Morgan fingerprint density at radius 1 is 1.06 bits per heavy atom. The van der Waals surface area contributed by atoms with Gasteiger partial charge in [0.2, 0.25) is 15.9 Å². The van der Waals surface area contributed by atoms with E-state index >= 15 is 0 Å². The Bertz CT molecular complexity index is 1130. The number of hydrogen-bond acceptors (Lipinski definition) is 5. The molecule has 2 aliphatic heterocycles. The summed E-state index contributed by atoms with van der Waals surface area (Å²) in [7, 11) is -3.63. The normalized spacial score (nSPS) is 27.9. The van der Waals surface area contributed by atoms with Gasteiger partial charge in [-0.15, -0.1) is 0 Å². The van der Waals surface area contributed by atoms with Crippen LogP contribution in [-0.2, 0) is 32.5 Å². The summed E-state index contributed by atoms with van der Waals surface area (Å²) in [6, 6.07) is 4.86. The minimum Gasteiger partial charge on any atom is -0.338 e. The second-order valence-corrected chi connectivity index (χ2v) is 11.9. The van der Waals surface area contributed by atoms with Crippen molar-refractivity contribution in [2.24, 2.45) is 5.92 Å². The number of nitrogens with zero attached hydrogens (tertiary/aromatic N) is 3. The fourth-order valence-electron chi connectivity index (χ4n) is 5.91. The molecule has 9 nitrogen and oxygen atoms in total. The number of nitrogens with one attached hydrogen (secondary N) is 1. The number of hydrogen-bond donors (Lipinski definition) is 1. The molecule has 4 amide bonds. The van der Waals surface area contributed by atoms with Crippen LogP contribution >= 0.6 is 0 Å². The summed E-state index contributed by atoms with van der Waals surface area (Å²) in [5, 5.41) is 2.87. The molecule has 2 unspecified atom stereocenters. The van der Waals surface area contributed by atoms with E-state index in [1.165, 1.54) is 9.87 Å². The van der Waals surface area contributed by atoms with Crippen LogP contribution in [-0.4, -0.2) is 78.6 Å². The summed E-state index contributed by atoms with van der Waals surface area (Å²) in [4.78, 5) is 41.5. The third kappa shape index (κ3) is 3.80. The molecule has 1 aromatic carbocycles. The lowest BCUT2D eigenvalue weighted by molar-refractivity contribution is -0.141. The molecule has 4 aliphatic rings. The zero-order valence-corrected chi connectivity index (χ0v) is 20.4. The van der Waals surface area contributed by atoms with E-state index in [0.717, 1.165) is 49.0 Å². The molecule has 1 aromatic rings. The molecule has 184 valence electrons. The monoisotopic (exact) mass is 488 g/mol. The first-order valence-corrected chi connectivity index (χ1v) is 13.7. The maximum Gasteiger partial charge on any atom is 0.325 e. The second-order valence-electron chi connectivity index (χ2n) is 10.0. The van der Waals surface area contributed by atoms with Crippen molar-refractivity contribution in [2.75, 3.05) is 32.7 Å². The first kappa shape index (κ1) is 23.3. The fraction of sp³-hybridized carbons (Fsp3) is 0.625. The zero-order chi connectivity index (χ0) is 24.1. The Kier molecular flexibility index (Phi) is 5.92. The summed E-state index contributed by atoms with van der Waals surface area (Å²) in [5.41, 5.74) is 1.44. The molecular formula is C24H32N4O5S. The van der Waals surface area contributed by atoms with Crippen molar-refractivity contribution in [3.8, 4) is 0 Å². The van der Waals surface area contributed by atoms with Gasteiger partial charge < -0.3 is 10.2 Å². The predicted molar refractivity (Wildman–Crippen MR) is 124 cm³/mol. The lowest BCUT2D eigenvalue weighted by Crippen LogP contribution is -2.55. The van der Waals surface area contributed by atoms with E-state index in [1.807, 2.05) is 13.0 Å². The molecule has 0 aromatic heterocycles. The summed E-state index contributed by atoms with van der Waals surface area (Å²) in [6.45, 7) is 2.50. The van der Waals surface area contributed by atoms with E-state index < -0.39 is 21.6 Å². The van der Waals surface area contributed by atoms with Crippen LogP contribution < -0.4 is 5.32 Å². The van der Waals surface area contributed by atoms with E-state index in [2.05, 4.69) is 5.32 Å². The standard InChI is InChI=1S/C24H32N4O5S/c1-17-5-2-3-10-24(17)22(30)28(23(31)25-24)16-21(29)26-11-13-27(14-12-26)34(32,33)20-9-8-18-6-4-7-19(18)15-20/h8-9,15,17H,2-7,10-14,16H2,1H3,(H,25,31). The summed E-state index contributed by atoms with van der Waals surface area (Å²) < 4.78 is 27.7. The van der Waals surface area contributed by atoms with Gasteiger partial charge in [-0.05, 0) is 61.3 Å². The SMILES string of the molecule is CC1CCCCC12NC(=O)N(CC(=O)N1CCN(S(=O)(=O)c3ccc4c(c3)CCC4)CC1)C2=O. The van der Waals surface area contributed by atoms with Crippen molar-refractivity contribution in [3.63, 3.8) is 0 Å². The van der Waals surface area contributed by atoms with Crippen LogP contribution in [0.4, 0.5) is 4.79 Å². The van der Waals surface area contributed by atoms with Gasteiger partial charge >= 0.3 is 6.03 Å². The molecule has 3 fully saturated rings. The average Bonchev–Trinajstić information content (AvgIpc) is 3.39. The first-order chi connectivity index (χ1) is 16.2. The van der Waals surface area contributed by atoms with Crippen LogP contribution in [0.3, 0.4) is 0 Å². The zero-order valence-electron chi connectivity index (χ0n) is 19.6. The molecule has 10 heteroatoms. The Labute approximate surface area is 200 Å². The molecule has 1 N–H and O–H groups in total. The highest BCUT2D eigenvalue weighted by Gasteiger charge is 2.55. The molecule has 1 saturated carbocycles. The number of carbonyl (C=O) groups excluding carboxylic acids is 3. The van der Waals surface area contributed by atoms with E-state index in [0.29, 0.717) is 11.3 Å². The van der Waals surface area contributed by atoms with Gasteiger partial charge in [0, 0.05) is 26.2 Å². The highest BCUT2D eigenvalue weighted by molar-refractivity contribution is 7.89. The number of sulfonamides is 1. The van der Waals surface area contributed by atoms with Gasteiger partial charge in [0.05, 0.1) is 4.90 Å². The van der Waals surface area contributed by atoms with Gasteiger partial charge in [0.15, 0.2) is 0 Å². The van der Waals surface area contributed by atoms with Crippen LogP contribution in [0.15, 0.2) is 23.1 Å². The minimum absolute atomic E-state index is 0.0331. The van der Waals surface area contributed by atoms with Gasteiger partial charge in [0.25, 0.3) is 5.91 Å². The van der Waals surface area contributed by atoms with Crippen LogP contribution in [0.25, 0.3) is 0 Å². The number of piperazine rings is 1. The molecule has 5 rings (SSSR count). The Morgan fingerprint density at radius 3 is 2.53 bits per heavy atom. The van der Waals surface area contributed by atoms with Gasteiger partial charge in [-0.2, -0.15) is 4.31 Å². The van der Waals surface area contributed by atoms with Crippen molar-refractivity contribution >= 4 is 27.9 Å². The van der Waals surface area contributed by atoms with Crippen LogP contribution in [0.1, 0.15) is 50.2 Å². The second kappa shape index (κ2) is 8.64. The number of benzene rings is 1. The Morgan fingerprint density at radius 2 is 1.79 bits per heavy atom. The predicted octanol–water partition coefficient (Wildman–Crippen LogP) is 1.51. The molecule has 1 spiro atoms. The highest BCUT2D eigenvalue weighted by Crippen LogP contribution is 2.38. The molecular weight excluding hydrogens is 456 g/mol. The first-order valence-electron chi connectivity index (χ1n) is 12.3. The lowest BCUT2D eigenvalue weighted by atomic mass is 9.73. The topological polar surface area (TPSA) is 107 Å². The van der Waals surface area contributed by atoms with Crippen molar-refractivity contribution in [2.45, 2.75) is 62.3 Å². The number of carbonyl (C=O) groups is 3. The number of imide groups is 1. The van der Waals surface area contributed by atoms with Crippen molar-refractivity contribution < 1.29 is 22.8 Å². The molecule has 2 heterocycles. The van der Waals surface area contributed by atoms with E-state index in [4.69, 9.17) is 0 Å². The fourth-order valence-corrected chi connectivity index (χ4v) is 7.38. The highest BCUT2D eigenvalue weighted by atomic mass is 32.2. The maximum atomic E-state index is 13.1. The number of amides is 4. The average molecular weight is 489 g/mol. The molecule has 0 radical (unpaired) electrons. The third-order valence-corrected chi connectivity index (χ3v) is 9.99. The summed E-state index contributed by atoms with van der Waals surface area (Å²) in [5.74, 6) is -0.611. The third-order valence-electron chi connectivity index (χ3n) is 8.09. The van der Waals surface area contributed by atoms with Crippen molar-refractivity contribution in [1.82, 2.24) is 19.4 Å². The number of fused-ring (bicyclic) bond motifs is 1. The van der Waals surface area contributed by atoms with E-state index in [9.17, 15) is 22.8 Å². The van der Waals surface area contributed by atoms with Crippen LogP contribution in [0.5, 0.6) is 0 Å². The smallest absolute Gasteiger partial charge is 0.325 e. The van der Waals surface area contributed by atoms with E-state index in [1.54, 1.807) is 17.0 Å². The molecule has 0 bridgehead atoms. The molecule has 34 heavy (non-hydrogen) atoms. The largest absolute Gasteiger partial charge is 0.338 e. The maximum absolute atomic E-state index is 13.1. The van der Waals surface area contributed by atoms with Gasteiger partial charge in [-0.1, -0.05) is 25.8 Å². The van der Waals surface area contributed by atoms with Crippen LogP contribution in [0.2, 0.25) is 0 Å². The Hall–Kier alpha value is -2.46. The lowest BCUT2D eigenvalue weighted by Gasteiger charge is -2.37. The Balaban J connectivity index is 1.21. The van der Waals surface area contributed by atoms with E-state index in [-0.39, 0.29) is 50.5 Å². The van der Waals surface area contributed by atoms with Gasteiger partial charge in [0.1, 0.15) is 12.1 Å². The number of rotatable bonds is 4. The quantitative estimate of drug-likeness (QED) is 0.647. The summed E-state index contributed by atoms with van der Waals surface area (Å²) >= 11 is 0. The van der Waals surface area contributed by atoms with Crippen molar-refractivity contribution in [3.05, 3.63) is 29.3 Å². The van der Waals surface area contributed by atoms with Gasteiger partial charge in [-0.25, -0.2) is 13.2 Å². The summed E-state index contributed by atoms with van der Waals surface area (Å²) in [6.07, 6.45) is 6.33. The molecule has 2 saturated heterocycles.